The molecule has 1 aromatic rings. The number of hydrogen-bond donors (Lipinski definition) is 1. The van der Waals surface area contributed by atoms with Gasteiger partial charge in [-0.05, 0) is 20.0 Å². The number of benzene rings is 1. The highest BCUT2D eigenvalue weighted by Crippen LogP contribution is 2.24. The zero-order valence-corrected chi connectivity index (χ0v) is 10.5. The van der Waals surface area contributed by atoms with Crippen LogP contribution in [0.15, 0.2) is 24.3 Å². The Balaban J connectivity index is 2.61. The number of nitrogens with one attached hydrogen (secondary N) is 1. The lowest BCUT2D eigenvalue weighted by atomic mass is 10.1. The van der Waals surface area contributed by atoms with Gasteiger partial charge in [-0.3, -0.25) is 4.79 Å². The van der Waals surface area contributed by atoms with Gasteiger partial charge in [0.05, 0.1) is 20.1 Å². The van der Waals surface area contributed by atoms with E-state index >= 15 is 0 Å². The molecule has 4 nitrogen and oxygen atoms in total. The van der Waals surface area contributed by atoms with Crippen molar-refractivity contribution in [2.75, 3.05) is 20.8 Å². The van der Waals surface area contributed by atoms with Crippen LogP contribution in [0.2, 0.25) is 0 Å². The van der Waals surface area contributed by atoms with Crippen LogP contribution < -0.4 is 10.1 Å². The standard InChI is InChI=1S/C13H19NO3/c1-10(14-2)11-6-4-5-7-12(11)17-9-8-13(15)16-3/h4-7,10,14H,8-9H2,1-3H3. The Labute approximate surface area is 102 Å². The van der Waals surface area contributed by atoms with Gasteiger partial charge in [0.15, 0.2) is 0 Å². The van der Waals surface area contributed by atoms with Crippen molar-refractivity contribution in [3.05, 3.63) is 29.8 Å². The first kappa shape index (κ1) is 13.5. The highest BCUT2D eigenvalue weighted by atomic mass is 16.5. The third-order valence-electron chi connectivity index (χ3n) is 2.61. The van der Waals surface area contributed by atoms with Gasteiger partial charge < -0.3 is 14.8 Å². The highest BCUT2D eigenvalue weighted by molar-refractivity contribution is 5.69. The molecule has 0 bridgehead atoms. The summed E-state index contributed by atoms with van der Waals surface area (Å²) in [4.78, 5) is 11.0. The van der Waals surface area contributed by atoms with Crippen LogP contribution in [0, 0.1) is 0 Å². The average Bonchev–Trinajstić information content (AvgIpc) is 2.38. The van der Waals surface area contributed by atoms with Crippen LogP contribution in [0.4, 0.5) is 0 Å². The summed E-state index contributed by atoms with van der Waals surface area (Å²) in [5, 5.41) is 3.16. The predicted molar refractivity (Wildman–Crippen MR) is 66.0 cm³/mol. The number of para-hydroxylation sites is 1. The molecule has 0 fully saturated rings. The van der Waals surface area contributed by atoms with Gasteiger partial charge in [0.1, 0.15) is 5.75 Å². The summed E-state index contributed by atoms with van der Waals surface area (Å²) < 4.78 is 10.1. The average molecular weight is 237 g/mol. The molecule has 0 aliphatic rings. The van der Waals surface area contributed by atoms with E-state index in [4.69, 9.17) is 4.74 Å². The maximum atomic E-state index is 11.0. The second kappa shape index (κ2) is 6.91. The van der Waals surface area contributed by atoms with Crippen LogP contribution in [-0.4, -0.2) is 26.7 Å². The minimum atomic E-state index is -0.260. The normalized spacial score (nSPS) is 11.9. The van der Waals surface area contributed by atoms with Gasteiger partial charge in [-0.25, -0.2) is 0 Å². The molecule has 1 unspecified atom stereocenters. The summed E-state index contributed by atoms with van der Waals surface area (Å²) >= 11 is 0. The fraction of sp³-hybridized carbons (Fsp3) is 0.462. The van der Waals surface area contributed by atoms with Crippen LogP contribution >= 0.6 is 0 Å². The summed E-state index contributed by atoms with van der Waals surface area (Å²) in [7, 11) is 3.27. The van der Waals surface area contributed by atoms with Crippen LogP contribution in [-0.2, 0) is 9.53 Å². The van der Waals surface area contributed by atoms with Crippen LogP contribution in [0.3, 0.4) is 0 Å². The Morgan fingerprint density at radius 1 is 1.41 bits per heavy atom. The van der Waals surface area contributed by atoms with Crippen LogP contribution in [0.1, 0.15) is 24.9 Å². The number of methoxy groups -OCH3 is 1. The molecule has 1 aromatic carbocycles. The Bertz CT molecular complexity index is 365. The van der Waals surface area contributed by atoms with Gasteiger partial charge in [-0.1, -0.05) is 18.2 Å². The molecule has 94 valence electrons. The molecule has 0 saturated heterocycles. The lowest BCUT2D eigenvalue weighted by Crippen LogP contribution is -2.14. The van der Waals surface area contributed by atoms with Gasteiger partial charge >= 0.3 is 5.97 Å². The van der Waals surface area contributed by atoms with Crippen molar-refractivity contribution in [3.63, 3.8) is 0 Å². The van der Waals surface area contributed by atoms with E-state index in [2.05, 4.69) is 17.0 Å². The van der Waals surface area contributed by atoms with E-state index in [1.807, 2.05) is 31.3 Å². The number of rotatable bonds is 6. The summed E-state index contributed by atoms with van der Waals surface area (Å²) in [6.07, 6.45) is 0.263. The molecule has 0 amide bonds. The van der Waals surface area contributed by atoms with E-state index in [9.17, 15) is 4.79 Å². The molecule has 17 heavy (non-hydrogen) atoms. The van der Waals surface area contributed by atoms with Gasteiger partial charge in [0, 0.05) is 11.6 Å². The van der Waals surface area contributed by atoms with Crippen molar-refractivity contribution < 1.29 is 14.3 Å². The van der Waals surface area contributed by atoms with E-state index in [1.165, 1.54) is 7.11 Å². The minimum absolute atomic E-state index is 0.212. The first-order valence-corrected chi connectivity index (χ1v) is 5.64. The zero-order chi connectivity index (χ0) is 12.7. The van der Waals surface area contributed by atoms with Crippen molar-refractivity contribution >= 4 is 5.97 Å². The van der Waals surface area contributed by atoms with E-state index in [-0.39, 0.29) is 18.4 Å². The lowest BCUT2D eigenvalue weighted by molar-refractivity contribution is -0.141. The quantitative estimate of drug-likeness (QED) is 0.768. The third kappa shape index (κ3) is 4.07. The Morgan fingerprint density at radius 3 is 2.76 bits per heavy atom. The monoisotopic (exact) mass is 237 g/mol. The van der Waals surface area contributed by atoms with Crippen LogP contribution in [0.25, 0.3) is 0 Å². The van der Waals surface area contributed by atoms with Crippen molar-refractivity contribution in [1.29, 1.82) is 0 Å². The van der Waals surface area contributed by atoms with Crippen molar-refractivity contribution in [1.82, 2.24) is 5.32 Å². The van der Waals surface area contributed by atoms with Crippen LogP contribution in [0.5, 0.6) is 5.75 Å². The van der Waals surface area contributed by atoms with E-state index in [1.54, 1.807) is 0 Å². The number of esters is 1. The molecule has 0 aliphatic carbocycles. The molecule has 4 heteroatoms. The van der Waals surface area contributed by atoms with Crippen molar-refractivity contribution in [3.8, 4) is 5.75 Å². The maximum Gasteiger partial charge on any atom is 0.308 e. The Kier molecular flexibility index (Phi) is 5.49. The summed E-state index contributed by atoms with van der Waals surface area (Å²) in [6.45, 7) is 2.39. The van der Waals surface area contributed by atoms with Crippen molar-refractivity contribution in [2.45, 2.75) is 19.4 Å². The fourth-order valence-corrected chi connectivity index (χ4v) is 1.47. The molecule has 0 heterocycles. The largest absolute Gasteiger partial charge is 0.493 e. The van der Waals surface area contributed by atoms with E-state index < -0.39 is 0 Å². The fourth-order valence-electron chi connectivity index (χ4n) is 1.47. The first-order valence-electron chi connectivity index (χ1n) is 5.64. The predicted octanol–water partition coefficient (Wildman–Crippen LogP) is 1.91. The molecule has 0 aliphatic heterocycles. The number of carbonyl (C=O) groups is 1. The van der Waals surface area contributed by atoms with Gasteiger partial charge in [-0.15, -0.1) is 0 Å². The Morgan fingerprint density at radius 2 is 2.12 bits per heavy atom. The minimum Gasteiger partial charge on any atom is -0.493 e. The topological polar surface area (TPSA) is 47.6 Å². The summed E-state index contributed by atoms with van der Waals surface area (Å²) in [6, 6.07) is 8.01. The molecule has 0 spiro atoms. The summed E-state index contributed by atoms with van der Waals surface area (Å²) in [5.41, 5.74) is 1.08. The molecule has 1 N–H and O–H groups in total. The Hall–Kier alpha value is -1.55. The zero-order valence-electron chi connectivity index (χ0n) is 10.5. The number of hydrogen-bond acceptors (Lipinski definition) is 4. The molecule has 0 aromatic heterocycles. The molecular weight excluding hydrogens is 218 g/mol. The first-order chi connectivity index (χ1) is 8.19. The molecular formula is C13H19NO3. The van der Waals surface area contributed by atoms with Gasteiger partial charge in [0.2, 0.25) is 0 Å². The number of carbonyl (C=O) groups excluding carboxylic acids is 1. The molecule has 0 radical (unpaired) electrons. The second-order valence-corrected chi connectivity index (χ2v) is 3.72. The highest BCUT2D eigenvalue weighted by Gasteiger charge is 2.09. The molecule has 0 saturated carbocycles. The summed E-state index contributed by atoms with van der Waals surface area (Å²) in [5.74, 6) is 0.544. The SMILES string of the molecule is CNC(C)c1ccccc1OCCC(=O)OC. The van der Waals surface area contributed by atoms with E-state index in [0.29, 0.717) is 6.61 Å². The third-order valence-corrected chi connectivity index (χ3v) is 2.61. The van der Waals surface area contributed by atoms with Gasteiger partial charge in [0.25, 0.3) is 0 Å². The molecule has 1 atom stereocenters. The molecule has 1 rings (SSSR count). The van der Waals surface area contributed by atoms with E-state index in [0.717, 1.165) is 11.3 Å². The number of ether oxygens (including phenoxy) is 2. The smallest absolute Gasteiger partial charge is 0.308 e. The lowest BCUT2D eigenvalue weighted by Gasteiger charge is -2.16. The van der Waals surface area contributed by atoms with Crippen molar-refractivity contribution in [2.24, 2.45) is 0 Å². The maximum absolute atomic E-state index is 11.0. The van der Waals surface area contributed by atoms with Gasteiger partial charge in [-0.2, -0.15) is 0 Å². The second-order valence-electron chi connectivity index (χ2n) is 3.72.